The van der Waals surface area contributed by atoms with Gasteiger partial charge in [-0.25, -0.2) is 0 Å². The first kappa shape index (κ1) is 12.0. The summed E-state index contributed by atoms with van der Waals surface area (Å²) in [7, 11) is 4.27. The van der Waals surface area contributed by atoms with Gasteiger partial charge >= 0.3 is 0 Å². The zero-order valence-corrected chi connectivity index (χ0v) is 10.3. The van der Waals surface area contributed by atoms with Crippen molar-refractivity contribution in [3.63, 3.8) is 0 Å². The van der Waals surface area contributed by atoms with Crippen LogP contribution >= 0.6 is 0 Å². The Balaban J connectivity index is 2.41. The fourth-order valence-electron chi connectivity index (χ4n) is 1.90. The number of likely N-dealkylation sites (N-methyl/N-ethyl adjacent to an activating group) is 1. The number of piperazine rings is 1. The Kier molecular flexibility index (Phi) is 3.93. The molecule has 0 aromatic heterocycles. The van der Waals surface area contributed by atoms with Gasteiger partial charge < -0.3 is 10.2 Å². The first-order valence-corrected chi connectivity index (χ1v) is 5.54. The fourth-order valence-corrected chi connectivity index (χ4v) is 1.90. The van der Waals surface area contributed by atoms with Crippen LogP contribution in [-0.2, 0) is 0 Å². The molecule has 1 N–H and O–H groups in total. The first-order chi connectivity index (χ1) is 6.41. The first-order valence-electron chi connectivity index (χ1n) is 5.54. The molecule has 0 aromatic rings. The highest BCUT2D eigenvalue weighted by atomic mass is 15.3. The smallest absolute Gasteiger partial charge is 0.0252 e. The highest BCUT2D eigenvalue weighted by molar-refractivity contribution is 4.90. The molecule has 1 heterocycles. The van der Waals surface area contributed by atoms with Crippen LogP contribution in [0, 0.1) is 0 Å². The summed E-state index contributed by atoms with van der Waals surface area (Å²) < 4.78 is 0. The molecule has 0 amide bonds. The third-order valence-electron chi connectivity index (χ3n) is 2.93. The maximum Gasteiger partial charge on any atom is 0.0252 e. The van der Waals surface area contributed by atoms with Gasteiger partial charge in [0.1, 0.15) is 0 Å². The monoisotopic (exact) mass is 199 g/mol. The molecule has 0 spiro atoms. The minimum absolute atomic E-state index is 0.277. The van der Waals surface area contributed by atoms with Gasteiger partial charge in [-0.3, -0.25) is 4.90 Å². The van der Waals surface area contributed by atoms with E-state index in [9.17, 15) is 0 Å². The summed E-state index contributed by atoms with van der Waals surface area (Å²) in [5, 5.41) is 3.57. The second-order valence-corrected chi connectivity index (χ2v) is 5.39. The number of rotatable bonds is 3. The summed E-state index contributed by atoms with van der Waals surface area (Å²) in [5.74, 6) is 0. The molecular weight excluding hydrogens is 174 g/mol. The predicted molar refractivity (Wildman–Crippen MR) is 61.7 cm³/mol. The van der Waals surface area contributed by atoms with Crippen LogP contribution in [-0.4, -0.2) is 61.7 Å². The molecular formula is C11H25N3. The highest BCUT2D eigenvalue weighted by Gasteiger charge is 2.29. The Hall–Kier alpha value is -0.120. The number of hydrogen-bond acceptors (Lipinski definition) is 3. The van der Waals surface area contributed by atoms with E-state index >= 15 is 0 Å². The van der Waals surface area contributed by atoms with E-state index in [-0.39, 0.29) is 5.54 Å². The SMILES string of the molecule is CC1CNC(C)(C)CN1CCN(C)C. The van der Waals surface area contributed by atoms with E-state index in [2.05, 4.69) is 50.0 Å². The molecule has 1 aliphatic rings. The van der Waals surface area contributed by atoms with Crippen LogP contribution in [0.3, 0.4) is 0 Å². The summed E-state index contributed by atoms with van der Waals surface area (Å²) >= 11 is 0. The van der Waals surface area contributed by atoms with E-state index in [1.165, 1.54) is 6.54 Å². The molecule has 0 aromatic carbocycles. The number of nitrogens with zero attached hydrogens (tertiary/aromatic N) is 2. The third kappa shape index (κ3) is 3.56. The van der Waals surface area contributed by atoms with Crippen molar-refractivity contribution < 1.29 is 0 Å². The summed E-state index contributed by atoms with van der Waals surface area (Å²) in [6, 6.07) is 0.669. The Morgan fingerprint density at radius 2 is 2.07 bits per heavy atom. The van der Waals surface area contributed by atoms with Gasteiger partial charge in [0.05, 0.1) is 0 Å². The summed E-state index contributed by atoms with van der Waals surface area (Å²) in [4.78, 5) is 4.83. The van der Waals surface area contributed by atoms with Crippen LogP contribution in [0.2, 0.25) is 0 Å². The summed E-state index contributed by atoms with van der Waals surface area (Å²) in [5.41, 5.74) is 0.277. The predicted octanol–water partition coefficient (Wildman–Crippen LogP) is 0.620. The molecule has 3 nitrogen and oxygen atoms in total. The Morgan fingerprint density at radius 1 is 1.43 bits per heavy atom. The molecule has 1 fully saturated rings. The van der Waals surface area contributed by atoms with E-state index in [4.69, 9.17) is 0 Å². The van der Waals surface area contributed by atoms with E-state index in [1.54, 1.807) is 0 Å². The number of nitrogens with one attached hydrogen (secondary N) is 1. The summed E-state index contributed by atoms with van der Waals surface area (Å²) in [6.07, 6.45) is 0. The van der Waals surface area contributed by atoms with Crippen molar-refractivity contribution in [3.05, 3.63) is 0 Å². The lowest BCUT2D eigenvalue weighted by molar-refractivity contribution is 0.0973. The van der Waals surface area contributed by atoms with E-state index in [0.29, 0.717) is 6.04 Å². The van der Waals surface area contributed by atoms with E-state index in [1.807, 2.05) is 0 Å². The van der Waals surface area contributed by atoms with Crippen molar-refractivity contribution in [2.45, 2.75) is 32.4 Å². The molecule has 1 rings (SSSR count). The molecule has 1 atom stereocenters. The van der Waals surface area contributed by atoms with Crippen molar-refractivity contribution in [1.82, 2.24) is 15.1 Å². The second kappa shape index (κ2) is 4.60. The number of hydrogen-bond donors (Lipinski definition) is 1. The molecule has 84 valence electrons. The Labute approximate surface area is 88.5 Å². The van der Waals surface area contributed by atoms with Gasteiger partial charge in [-0.05, 0) is 34.9 Å². The van der Waals surface area contributed by atoms with Crippen molar-refractivity contribution in [2.75, 3.05) is 40.3 Å². The molecule has 1 saturated heterocycles. The van der Waals surface area contributed by atoms with Gasteiger partial charge in [-0.15, -0.1) is 0 Å². The molecule has 0 radical (unpaired) electrons. The molecule has 0 aliphatic carbocycles. The lowest BCUT2D eigenvalue weighted by Crippen LogP contribution is -2.61. The molecule has 0 saturated carbocycles. The fraction of sp³-hybridized carbons (Fsp3) is 1.00. The minimum Gasteiger partial charge on any atom is -0.309 e. The topological polar surface area (TPSA) is 18.5 Å². The van der Waals surface area contributed by atoms with Crippen molar-refractivity contribution in [1.29, 1.82) is 0 Å². The average molecular weight is 199 g/mol. The average Bonchev–Trinajstić information content (AvgIpc) is 2.06. The molecule has 1 aliphatic heterocycles. The van der Waals surface area contributed by atoms with Gasteiger partial charge in [0.2, 0.25) is 0 Å². The zero-order chi connectivity index (χ0) is 10.8. The third-order valence-corrected chi connectivity index (χ3v) is 2.93. The summed E-state index contributed by atoms with van der Waals surface area (Å²) in [6.45, 7) is 11.5. The van der Waals surface area contributed by atoms with Crippen molar-refractivity contribution in [2.24, 2.45) is 0 Å². The van der Waals surface area contributed by atoms with Crippen LogP contribution in [0.1, 0.15) is 20.8 Å². The lowest BCUT2D eigenvalue weighted by Gasteiger charge is -2.43. The van der Waals surface area contributed by atoms with Gasteiger partial charge in [0.15, 0.2) is 0 Å². The Bertz CT molecular complexity index is 177. The molecule has 0 bridgehead atoms. The van der Waals surface area contributed by atoms with Gasteiger partial charge in [0.25, 0.3) is 0 Å². The normalized spacial score (nSPS) is 28.3. The second-order valence-electron chi connectivity index (χ2n) is 5.39. The van der Waals surface area contributed by atoms with Gasteiger partial charge in [-0.1, -0.05) is 0 Å². The van der Waals surface area contributed by atoms with Gasteiger partial charge in [-0.2, -0.15) is 0 Å². The minimum atomic E-state index is 0.277. The van der Waals surface area contributed by atoms with E-state index in [0.717, 1.165) is 19.6 Å². The standard InChI is InChI=1S/C11H25N3/c1-10-8-12-11(2,3)9-14(10)7-6-13(4)5/h10,12H,6-9H2,1-5H3. The zero-order valence-electron chi connectivity index (χ0n) is 10.3. The van der Waals surface area contributed by atoms with Crippen molar-refractivity contribution in [3.8, 4) is 0 Å². The van der Waals surface area contributed by atoms with Crippen LogP contribution in [0.4, 0.5) is 0 Å². The quantitative estimate of drug-likeness (QED) is 0.719. The molecule has 3 heteroatoms. The van der Waals surface area contributed by atoms with Crippen LogP contribution in [0.5, 0.6) is 0 Å². The maximum absolute atomic E-state index is 3.57. The van der Waals surface area contributed by atoms with Gasteiger partial charge in [0, 0.05) is 37.8 Å². The van der Waals surface area contributed by atoms with Crippen LogP contribution in [0.15, 0.2) is 0 Å². The van der Waals surface area contributed by atoms with E-state index < -0.39 is 0 Å². The highest BCUT2D eigenvalue weighted by Crippen LogP contribution is 2.14. The largest absolute Gasteiger partial charge is 0.309 e. The lowest BCUT2D eigenvalue weighted by atomic mass is 9.99. The van der Waals surface area contributed by atoms with Crippen LogP contribution in [0.25, 0.3) is 0 Å². The maximum atomic E-state index is 3.57. The Morgan fingerprint density at radius 3 is 2.64 bits per heavy atom. The molecule has 14 heavy (non-hydrogen) atoms. The van der Waals surface area contributed by atoms with Crippen LogP contribution < -0.4 is 5.32 Å². The molecule has 1 unspecified atom stereocenters. The van der Waals surface area contributed by atoms with Crippen molar-refractivity contribution >= 4 is 0 Å².